The molecule has 0 saturated heterocycles. The standard InChI is InChI=1S/C12H19NO2/c1-13-12(14)15-8-11-9-6-4-2-3-5-7-10(9)11/h2-3,9-11H,4-8H2,1H3,(H,13,14)/b3-2+/t9-,10+,11?. The van der Waals surface area contributed by atoms with E-state index >= 15 is 0 Å². The fraction of sp³-hybridized carbons (Fsp3) is 0.750. The highest BCUT2D eigenvalue weighted by atomic mass is 16.5. The summed E-state index contributed by atoms with van der Waals surface area (Å²) >= 11 is 0. The quantitative estimate of drug-likeness (QED) is 0.709. The lowest BCUT2D eigenvalue weighted by Gasteiger charge is -2.02. The molecule has 2 aliphatic carbocycles. The molecule has 0 radical (unpaired) electrons. The van der Waals surface area contributed by atoms with Crippen LogP contribution in [-0.4, -0.2) is 19.7 Å². The maximum absolute atomic E-state index is 10.9. The van der Waals surface area contributed by atoms with Crippen molar-refractivity contribution in [2.75, 3.05) is 13.7 Å². The van der Waals surface area contributed by atoms with Crippen molar-refractivity contribution in [3.05, 3.63) is 12.2 Å². The Morgan fingerprint density at radius 1 is 1.33 bits per heavy atom. The van der Waals surface area contributed by atoms with Crippen LogP contribution >= 0.6 is 0 Å². The van der Waals surface area contributed by atoms with Crippen LogP contribution in [0.5, 0.6) is 0 Å². The van der Waals surface area contributed by atoms with Gasteiger partial charge in [-0.1, -0.05) is 12.2 Å². The van der Waals surface area contributed by atoms with Crippen molar-refractivity contribution >= 4 is 6.09 Å². The van der Waals surface area contributed by atoms with Gasteiger partial charge in [-0.25, -0.2) is 4.79 Å². The highest BCUT2D eigenvalue weighted by Crippen LogP contribution is 2.52. The normalized spacial score (nSPS) is 35.7. The first-order valence-electron chi connectivity index (χ1n) is 5.82. The van der Waals surface area contributed by atoms with Gasteiger partial charge in [-0.3, -0.25) is 0 Å². The molecule has 0 heterocycles. The number of carbonyl (C=O) groups is 1. The molecular formula is C12H19NO2. The summed E-state index contributed by atoms with van der Waals surface area (Å²) in [6, 6.07) is 0. The van der Waals surface area contributed by atoms with E-state index < -0.39 is 0 Å². The number of alkyl carbamates (subject to hydrolysis) is 1. The lowest BCUT2D eigenvalue weighted by Crippen LogP contribution is -2.20. The van der Waals surface area contributed by atoms with Crippen LogP contribution in [0.15, 0.2) is 12.2 Å². The molecule has 0 aromatic heterocycles. The molecule has 2 rings (SSSR count). The highest BCUT2D eigenvalue weighted by molar-refractivity contribution is 5.66. The van der Waals surface area contributed by atoms with Crippen molar-refractivity contribution in [2.45, 2.75) is 25.7 Å². The first-order valence-corrected chi connectivity index (χ1v) is 5.82. The molecule has 0 aromatic rings. The van der Waals surface area contributed by atoms with E-state index in [-0.39, 0.29) is 6.09 Å². The molecule has 3 heteroatoms. The SMILES string of the molecule is CNC(=O)OCC1[C@H]2CC/C=C/CC[C@@H]12. The van der Waals surface area contributed by atoms with Crippen LogP contribution in [0, 0.1) is 17.8 Å². The van der Waals surface area contributed by atoms with Gasteiger partial charge in [0, 0.05) is 7.05 Å². The topological polar surface area (TPSA) is 38.3 Å². The van der Waals surface area contributed by atoms with Crippen molar-refractivity contribution in [1.82, 2.24) is 5.32 Å². The van der Waals surface area contributed by atoms with Crippen LogP contribution < -0.4 is 5.32 Å². The van der Waals surface area contributed by atoms with E-state index in [0.29, 0.717) is 12.5 Å². The van der Waals surface area contributed by atoms with Gasteiger partial charge in [0.25, 0.3) is 0 Å². The van der Waals surface area contributed by atoms with E-state index in [2.05, 4.69) is 17.5 Å². The molecule has 0 bridgehead atoms. The van der Waals surface area contributed by atoms with E-state index in [0.717, 1.165) is 11.8 Å². The van der Waals surface area contributed by atoms with Crippen LogP contribution in [0.2, 0.25) is 0 Å². The number of nitrogens with one attached hydrogen (secondary N) is 1. The summed E-state index contributed by atoms with van der Waals surface area (Å²) in [6.07, 6.45) is 9.18. The molecule has 15 heavy (non-hydrogen) atoms. The molecule has 1 amide bonds. The summed E-state index contributed by atoms with van der Waals surface area (Å²) in [5.41, 5.74) is 0. The Morgan fingerprint density at radius 2 is 1.93 bits per heavy atom. The number of allylic oxidation sites excluding steroid dienone is 2. The second-order valence-corrected chi connectivity index (χ2v) is 4.47. The monoisotopic (exact) mass is 209 g/mol. The van der Waals surface area contributed by atoms with Crippen LogP contribution in [0.1, 0.15) is 25.7 Å². The first-order chi connectivity index (χ1) is 7.33. The molecule has 1 N–H and O–H groups in total. The average molecular weight is 209 g/mol. The van der Waals surface area contributed by atoms with Gasteiger partial charge in [0.05, 0.1) is 6.61 Å². The average Bonchev–Trinajstić information content (AvgIpc) is 2.85. The maximum Gasteiger partial charge on any atom is 0.406 e. The second-order valence-electron chi connectivity index (χ2n) is 4.47. The summed E-state index contributed by atoms with van der Waals surface area (Å²) in [6.45, 7) is 0.606. The molecule has 1 unspecified atom stereocenters. The van der Waals surface area contributed by atoms with Crippen LogP contribution in [0.25, 0.3) is 0 Å². The van der Waals surface area contributed by atoms with Crippen molar-refractivity contribution in [1.29, 1.82) is 0 Å². The zero-order chi connectivity index (χ0) is 10.7. The zero-order valence-electron chi connectivity index (χ0n) is 9.24. The van der Waals surface area contributed by atoms with E-state index in [9.17, 15) is 4.79 Å². The molecule has 0 aliphatic heterocycles. The van der Waals surface area contributed by atoms with E-state index in [1.54, 1.807) is 7.05 Å². The van der Waals surface area contributed by atoms with Gasteiger partial charge in [0.1, 0.15) is 0 Å². The molecule has 3 nitrogen and oxygen atoms in total. The molecular weight excluding hydrogens is 190 g/mol. The van der Waals surface area contributed by atoms with Crippen LogP contribution in [-0.2, 0) is 4.74 Å². The van der Waals surface area contributed by atoms with Gasteiger partial charge in [0.2, 0.25) is 0 Å². The van der Waals surface area contributed by atoms with Gasteiger partial charge >= 0.3 is 6.09 Å². The lowest BCUT2D eigenvalue weighted by atomic mass is 10.1. The number of amides is 1. The number of hydrogen-bond acceptors (Lipinski definition) is 2. The molecule has 2 aliphatic rings. The van der Waals surface area contributed by atoms with E-state index in [1.807, 2.05) is 0 Å². The Bertz CT molecular complexity index is 246. The summed E-state index contributed by atoms with van der Waals surface area (Å²) in [5, 5.41) is 2.48. The largest absolute Gasteiger partial charge is 0.449 e. The Labute approximate surface area is 90.9 Å². The summed E-state index contributed by atoms with van der Waals surface area (Å²) < 4.78 is 5.12. The van der Waals surface area contributed by atoms with E-state index in [1.165, 1.54) is 25.7 Å². The lowest BCUT2D eigenvalue weighted by molar-refractivity contribution is 0.139. The molecule has 84 valence electrons. The van der Waals surface area contributed by atoms with Crippen LogP contribution in [0.3, 0.4) is 0 Å². The van der Waals surface area contributed by atoms with Crippen molar-refractivity contribution in [3.63, 3.8) is 0 Å². The number of ether oxygens (including phenoxy) is 1. The predicted molar refractivity (Wildman–Crippen MR) is 58.5 cm³/mol. The third-order valence-electron chi connectivity index (χ3n) is 3.62. The van der Waals surface area contributed by atoms with Gasteiger partial charge in [0.15, 0.2) is 0 Å². The minimum absolute atomic E-state index is 0.299. The van der Waals surface area contributed by atoms with Gasteiger partial charge in [-0.15, -0.1) is 0 Å². The smallest absolute Gasteiger partial charge is 0.406 e. The summed E-state index contributed by atoms with van der Waals surface area (Å²) in [4.78, 5) is 10.9. The predicted octanol–water partition coefficient (Wildman–Crippen LogP) is 2.33. The third kappa shape index (κ3) is 2.52. The number of rotatable bonds is 2. The molecule has 3 atom stereocenters. The fourth-order valence-corrected chi connectivity index (χ4v) is 2.69. The van der Waals surface area contributed by atoms with Gasteiger partial charge in [-0.2, -0.15) is 0 Å². The zero-order valence-corrected chi connectivity index (χ0v) is 9.24. The number of fused-ring (bicyclic) bond motifs is 1. The Kier molecular flexibility index (Phi) is 3.29. The molecule has 0 aromatic carbocycles. The minimum Gasteiger partial charge on any atom is -0.449 e. The Morgan fingerprint density at radius 3 is 2.47 bits per heavy atom. The number of hydrogen-bond donors (Lipinski definition) is 1. The molecule has 1 fully saturated rings. The van der Waals surface area contributed by atoms with Crippen molar-refractivity contribution in [2.24, 2.45) is 17.8 Å². The molecule has 0 spiro atoms. The van der Waals surface area contributed by atoms with Crippen LogP contribution in [0.4, 0.5) is 4.79 Å². The van der Waals surface area contributed by atoms with Crippen molar-refractivity contribution < 1.29 is 9.53 Å². The first kappa shape index (κ1) is 10.5. The van der Waals surface area contributed by atoms with E-state index in [4.69, 9.17) is 4.74 Å². The number of carbonyl (C=O) groups excluding carboxylic acids is 1. The Hall–Kier alpha value is -0.990. The summed E-state index contributed by atoms with van der Waals surface area (Å²) in [5.74, 6) is 2.24. The summed E-state index contributed by atoms with van der Waals surface area (Å²) in [7, 11) is 1.60. The van der Waals surface area contributed by atoms with Gasteiger partial charge < -0.3 is 10.1 Å². The Balaban J connectivity index is 1.75. The van der Waals surface area contributed by atoms with Gasteiger partial charge in [-0.05, 0) is 43.4 Å². The third-order valence-corrected chi connectivity index (χ3v) is 3.62. The highest BCUT2D eigenvalue weighted by Gasteiger charge is 2.49. The second kappa shape index (κ2) is 4.69. The van der Waals surface area contributed by atoms with Crippen molar-refractivity contribution in [3.8, 4) is 0 Å². The molecule has 1 saturated carbocycles. The fourth-order valence-electron chi connectivity index (χ4n) is 2.69. The minimum atomic E-state index is -0.299. The maximum atomic E-state index is 10.9.